The van der Waals surface area contributed by atoms with E-state index in [9.17, 15) is 13.2 Å². The Morgan fingerprint density at radius 1 is 1.00 bits per heavy atom. The SMILES string of the molecule is Cc1ccc(-n2c(C(C)N(C)S(=O)(=O)c3cccc(Cl)c3C)nc3ccccc3c2=O)c(C)c1. The topological polar surface area (TPSA) is 72.3 Å². The molecule has 0 fully saturated rings. The summed E-state index contributed by atoms with van der Waals surface area (Å²) in [5, 5.41) is 0.841. The van der Waals surface area contributed by atoms with Gasteiger partial charge in [0.05, 0.1) is 27.5 Å². The molecule has 0 spiro atoms. The molecule has 0 bridgehead atoms. The summed E-state index contributed by atoms with van der Waals surface area (Å²) >= 11 is 6.20. The van der Waals surface area contributed by atoms with Gasteiger partial charge in [0.25, 0.3) is 5.56 Å². The van der Waals surface area contributed by atoms with Crippen LogP contribution in [0.25, 0.3) is 16.6 Å². The molecule has 0 aliphatic carbocycles. The molecule has 0 saturated heterocycles. The zero-order chi connectivity index (χ0) is 24.8. The minimum atomic E-state index is -3.93. The lowest BCUT2D eigenvalue weighted by Gasteiger charge is -2.27. The van der Waals surface area contributed by atoms with Crippen LogP contribution in [-0.2, 0) is 10.0 Å². The van der Waals surface area contributed by atoms with Gasteiger partial charge in [0.1, 0.15) is 5.82 Å². The number of aromatic nitrogens is 2. The van der Waals surface area contributed by atoms with Crippen molar-refractivity contribution in [2.75, 3.05) is 7.05 Å². The van der Waals surface area contributed by atoms with E-state index in [4.69, 9.17) is 16.6 Å². The fraction of sp³-hybridized carbons (Fsp3) is 0.231. The van der Waals surface area contributed by atoms with Crippen molar-refractivity contribution < 1.29 is 8.42 Å². The quantitative estimate of drug-likeness (QED) is 0.374. The van der Waals surface area contributed by atoms with Gasteiger partial charge in [-0.1, -0.05) is 47.5 Å². The van der Waals surface area contributed by atoms with Crippen LogP contribution in [0.15, 0.2) is 70.4 Å². The van der Waals surface area contributed by atoms with Gasteiger partial charge in [-0.25, -0.2) is 13.4 Å². The van der Waals surface area contributed by atoms with E-state index in [2.05, 4.69) is 0 Å². The van der Waals surface area contributed by atoms with E-state index in [1.54, 1.807) is 50.2 Å². The molecule has 0 saturated carbocycles. The third-order valence-electron chi connectivity index (χ3n) is 6.19. The summed E-state index contributed by atoms with van der Waals surface area (Å²) in [7, 11) is -2.43. The summed E-state index contributed by atoms with van der Waals surface area (Å²) < 4.78 is 29.9. The average molecular weight is 496 g/mol. The normalized spacial score (nSPS) is 12.9. The third-order valence-corrected chi connectivity index (χ3v) is 8.67. The summed E-state index contributed by atoms with van der Waals surface area (Å²) in [5.74, 6) is 0.335. The highest BCUT2D eigenvalue weighted by Gasteiger charge is 2.31. The summed E-state index contributed by atoms with van der Waals surface area (Å²) in [6, 6.07) is 16.9. The maximum absolute atomic E-state index is 13.7. The van der Waals surface area contributed by atoms with E-state index in [1.165, 1.54) is 22.0 Å². The van der Waals surface area contributed by atoms with Crippen molar-refractivity contribution in [3.63, 3.8) is 0 Å². The molecule has 1 unspecified atom stereocenters. The number of hydrogen-bond acceptors (Lipinski definition) is 4. The van der Waals surface area contributed by atoms with Gasteiger partial charge in [-0.3, -0.25) is 9.36 Å². The molecule has 0 aliphatic rings. The van der Waals surface area contributed by atoms with E-state index in [0.29, 0.717) is 33.0 Å². The van der Waals surface area contributed by atoms with Crippen LogP contribution in [0.2, 0.25) is 5.02 Å². The number of benzene rings is 3. The summed E-state index contributed by atoms with van der Waals surface area (Å²) in [6.45, 7) is 7.31. The van der Waals surface area contributed by atoms with Crippen LogP contribution in [0.1, 0.15) is 35.5 Å². The molecule has 3 aromatic carbocycles. The van der Waals surface area contributed by atoms with Gasteiger partial charge in [-0.15, -0.1) is 0 Å². The van der Waals surface area contributed by atoms with Crippen LogP contribution in [0.5, 0.6) is 0 Å². The zero-order valence-corrected chi connectivity index (χ0v) is 21.3. The maximum Gasteiger partial charge on any atom is 0.266 e. The summed E-state index contributed by atoms with van der Waals surface area (Å²) in [4.78, 5) is 18.6. The highest BCUT2D eigenvalue weighted by molar-refractivity contribution is 7.89. The Kier molecular flexibility index (Phi) is 6.38. The van der Waals surface area contributed by atoms with E-state index in [1.807, 2.05) is 32.0 Å². The number of hydrogen-bond donors (Lipinski definition) is 0. The molecule has 4 aromatic rings. The molecular formula is C26H26ClN3O3S. The number of para-hydroxylation sites is 1. The summed E-state index contributed by atoms with van der Waals surface area (Å²) in [5.41, 5.74) is 3.36. The lowest BCUT2D eigenvalue weighted by Crippen LogP contribution is -2.35. The number of rotatable bonds is 5. The van der Waals surface area contributed by atoms with Crippen LogP contribution < -0.4 is 5.56 Å². The third kappa shape index (κ3) is 4.04. The molecule has 0 radical (unpaired) electrons. The van der Waals surface area contributed by atoms with Gasteiger partial charge in [0.15, 0.2) is 0 Å². The maximum atomic E-state index is 13.7. The first kappa shape index (κ1) is 24.1. The van der Waals surface area contributed by atoms with Gasteiger partial charge in [0, 0.05) is 12.1 Å². The highest BCUT2D eigenvalue weighted by atomic mass is 35.5. The lowest BCUT2D eigenvalue weighted by atomic mass is 10.1. The smallest absolute Gasteiger partial charge is 0.266 e. The van der Waals surface area contributed by atoms with Crippen molar-refractivity contribution >= 4 is 32.5 Å². The van der Waals surface area contributed by atoms with Crippen LogP contribution in [-0.4, -0.2) is 29.3 Å². The Morgan fingerprint density at radius 3 is 2.41 bits per heavy atom. The predicted octanol–water partition coefficient (Wildman–Crippen LogP) is 5.35. The molecule has 176 valence electrons. The minimum Gasteiger partial charge on any atom is -0.268 e. The second-order valence-electron chi connectivity index (χ2n) is 8.48. The number of fused-ring (bicyclic) bond motifs is 1. The van der Waals surface area contributed by atoms with Crippen molar-refractivity contribution in [2.45, 2.75) is 38.6 Å². The second-order valence-corrected chi connectivity index (χ2v) is 10.9. The van der Waals surface area contributed by atoms with Crippen LogP contribution in [0, 0.1) is 20.8 Å². The average Bonchev–Trinajstić information content (AvgIpc) is 2.80. The molecule has 4 rings (SSSR count). The minimum absolute atomic E-state index is 0.121. The second kappa shape index (κ2) is 8.98. The molecule has 0 amide bonds. The molecule has 1 heterocycles. The molecule has 8 heteroatoms. The van der Waals surface area contributed by atoms with Gasteiger partial charge in [-0.2, -0.15) is 4.31 Å². The van der Waals surface area contributed by atoms with Gasteiger partial charge in [-0.05, 0) is 69.2 Å². The largest absolute Gasteiger partial charge is 0.268 e. The predicted molar refractivity (Wildman–Crippen MR) is 136 cm³/mol. The van der Waals surface area contributed by atoms with Crippen molar-refractivity contribution in [1.82, 2.24) is 13.9 Å². The zero-order valence-electron chi connectivity index (χ0n) is 19.7. The van der Waals surface area contributed by atoms with E-state index < -0.39 is 16.1 Å². The number of aryl methyl sites for hydroxylation is 2. The molecule has 34 heavy (non-hydrogen) atoms. The van der Waals surface area contributed by atoms with E-state index in [-0.39, 0.29) is 10.5 Å². The first-order valence-corrected chi connectivity index (χ1v) is 12.7. The van der Waals surface area contributed by atoms with Crippen molar-refractivity contribution in [3.05, 3.63) is 98.6 Å². The van der Waals surface area contributed by atoms with Crippen LogP contribution in [0.4, 0.5) is 0 Å². The van der Waals surface area contributed by atoms with Crippen LogP contribution in [0.3, 0.4) is 0 Å². The first-order valence-electron chi connectivity index (χ1n) is 10.9. The Bertz CT molecular complexity index is 1580. The van der Waals surface area contributed by atoms with Gasteiger partial charge >= 0.3 is 0 Å². The molecule has 6 nitrogen and oxygen atoms in total. The van der Waals surface area contributed by atoms with Crippen molar-refractivity contribution in [1.29, 1.82) is 0 Å². The number of nitrogens with zero attached hydrogens (tertiary/aromatic N) is 3. The molecular weight excluding hydrogens is 470 g/mol. The van der Waals surface area contributed by atoms with E-state index in [0.717, 1.165) is 11.1 Å². The number of sulfonamides is 1. The Balaban J connectivity index is 1.96. The Morgan fingerprint density at radius 2 is 1.71 bits per heavy atom. The molecule has 1 atom stereocenters. The monoisotopic (exact) mass is 495 g/mol. The molecule has 1 aromatic heterocycles. The van der Waals surface area contributed by atoms with Crippen molar-refractivity contribution in [3.8, 4) is 5.69 Å². The lowest BCUT2D eigenvalue weighted by molar-refractivity contribution is 0.379. The van der Waals surface area contributed by atoms with Crippen molar-refractivity contribution in [2.24, 2.45) is 0 Å². The molecule has 0 N–H and O–H groups in total. The van der Waals surface area contributed by atoms with E-state index >= 15 is 0 Å². The first-order chi connectivity index (χ1) is 16.0. The fourth-order valence-electron chi connectivity index (χ4n) is 4.11. The Hall–Kier alpha value is -3.00. The molecule has 0 aliphatic heterocycles. The fourth-order valence-corrected chi connectivity index (χ4v) is 5.91. The van der Waals surface area contributed by atoms with Crippen LogP contribution >= 0.6 is 11.6 Å². The Labute approximate surface area is 204 Å². The standard InChI is InChI=1S/C26H26ClN3O3S/c1-16-13-14-23(17(2)15-16)30-25(28-22-11-7-6-9-20(22)26(30)31)19(4)29(5)34(32,33)24-12-8-10-21(27)18(24)3/h6-15,19H,1-5H3. The summed E-state index contributed by atoms with van der Waals surface area (Å²) in [6.07, 6.45) is 0. The van der Waals surface area contributed by atoms with Gasteiger partial charge < -0.3 is 0 Å². The van der Waals surface area contributed by atoms with Gasteiger partial charge in [0.2, 0.25) is 10.0 Å². The number of halogens is 1. The highest BCUT2D eigenvalue weighted by Crippen LogP contribution is 2.31.